The molecule has 0 aromatic heterocycles. The van der Waals surface area contributed by atoms with Gasteiger partial charge in [-0.1, -0.05) is 0 Å². The number of ether oxygens (including phenoxy) is 2. The lowest BCUT2D eigenvalue weighted by atomic mass is 9.76. The summed E-state index contributed by atoms with van der Waals surface area (Å²) in [6.07, 6.45) is 1.67. The first-order valence-electron chi connectivity index (χ1n) is 4.70. The minimum Gasteiger partial charge on any atom is -0.469 e. The third-order valence-electron chi connectivity index (χ3n) is 3.15. The largest absolute Gasteiger partial charge is 0.469 e. The van der Waals surface area contributed by atoms with Crippen LogP contribution in [0.5, 0.6) is 0 Å². The number of carbonyl (C=O) groups excluding carboxylic acids is 1. The van der Waals surface area contributed by atoms with Crippen LogP contribution in [0.2, 0.25) is 0 Å². The predicted molar refractivity (Wildman–Crippen MR) is 46.3 cm³/mol. The van der Waals surface area contributed by atoms with Gasteiger partial charge in [0.05, 0.1) is 18.6 Å². The highest BCUT2D eigenvalue weighted by molar-refractivity contribution is 5.78. The van der Waals surface area contributed by atoms with Gasteiger partial charge in [0.15, 0.2) is 0 Å². The van der Waals surface area contributed by atoms with Crippen LogP contribution >= 0.6 is 0 Å². The van der Waals surface area contributed by atoms with Crippen LogP contribution in [-0.2, 0) is 14.3 Å². The first-order chi connectivity index (χ1) is 6.29. The lowest BCUT2D eigenvalue weighted by molar-refractivity contribution is -0.158. The van der Waals surface area contributed by atoms with Gasteiger partial charge in [-0.15, -0.1) is 0 Å². The van der Waals surface area contributed by atoms with E-state index in [0.29, 0.717) is 6.61 Å². The number of carbonyl (C=O) groups is 1. The van der Waals surface area contributed by atoms with Crippen LogP contribution in [0.25, 0.3) is 0 Å². The molecule has 0 saturated carbocycles. The lowest BCUT2D eigenvalue weighted by Crippen LogP contribution is -2.51. The van der Waals surface area contributed by atoms with Gasteiger partial charge < -0.3 is 14.8 Å². The molecule has 0 spiro atoms. The maximum absolute atomic E-state index is 11.6. The summed E-state index contributed by atoms with van der Waals surface area (Å²) in [5, 5.41) is 3.23. The predicted octanol–water partition coefficient (Wildman–Crippen LogP) is -0.0720. The summed E-state index contributed by atoms with van der Waals surface area (Å²) in [5.41, 5.74) is -0.347. The zero-order valence-corrected chi connectivity index (χ0v) is 7.84. The Balaban J connectivity index is 2.20. The average molecular weight is 185 g/mol. The van der Waals surface area contributed by atoms with E-state index in [1.165, 1.54) is 7.11 Å². The van der Waals surface area contributed by atoms with Crippen molar-refractivity contribution in [1.82, 2.24) is 5.32 Å². The molecule has 4 heteroatoms. The second-order valence-electron chi connectivity index (χ2n) is 3.71. The Hall–Kier alpha value is -0.610. The van der Waals surface area contributed by atoms with Crippen LogP contribution in [0.4, 0.5) is 0 Å². The van der Waals surface area contributed by atoms with Gasteiger partial charge in [-0.2, -0.15) is 0 Å². The molecule has 0 amide bonds. The minimum absolute atomic E-state index is 0.0219. The number of methoxy groups -OCH3 is 1. The summed E-state index contributed by atoms with van der Waals surface area (Å²) >= 11 is 0. The second kappa shape index (κ2) is 3.27. The van der Waals surface area contributed by atoms with Crippen molar-refractivity contribution in [3.05, 3.63) is 0 Å². The molecule has 1 N–H and O–H groups in total. The molecule has 2 rings (SSSR count). The van der Waals surface area contributed by atoms with Gasteiger partial charge in [-0.25, -0.2) is 0 Å². The second-order valence-corrected chi connectivity index (χ2v) is 3.71. The number of fused-ring (bicyclic) bond motifs is 1. The summed E-state index contributed by atoms with van der Waals surface area (Å²) in [5.74, 6) is -0.100. The Morgan fingerprint density at radius 2 is 2.46 bits per heavy atom. The highest BCUT2D eigenvalue weighted by Crippen LogP contribution is 2.40. The Morgan fingerprint density at radius 3 is 3.23 bits per heavy atom. The molecule has 74 valence electrons. The smallest absolute Gasteiger partial charge is 0.314 e. The van der Waals surface area contributed by atoms with E-state index in [9.17, 15) is 4.79 Å². The van der Waals surface area contributed by atoms with E-state index in [2.05, 4.69) is 5.32 Å². The van der Waals surface area contributed by atoms with E-state index >= 15 is 0 Å². The van der Waals surface area contributed by atoms with Gasteiger partial charge in [-0.05, 0) is 19.4 Å². The first kappa shape index (κ1) is 8.97. The summed E-state index contributed by atoms with van der Waals surface area (Å²) in [4.78, 5) is 11.6. The quantitative estimate of drug-likeness (QED) is 0.581. The van der Waals surface area contributed by atoms with Gasteiger partial charge in [0, 0.05) is 13.2 Å². The SMILES string of the molecule is COC(=O)C12CCNCC1OCC2. The van der Waals surface area contributed by atoms with Crippen LogP contribution in [0.1, 0.15) is 12.8 Å². The van der Waals surface area contributed by atoms with Crippen molar-refractivity contribution in [2.75, 3.05) is 26.8 Å². The summed E-state index contributed by atoms with van der Waals surface area (Å²) in [7, 11) is 1.45. The van der Waals surface area contributed by atoms with Crippen molar-refractivity contribution in [3.8, 4) is 0 Å². The van der Waals surface area contributed by atoms with Crippen LogP contribution in [0, 0.1) is 5.41 Å². The third kappa shape index (κ3) is 1.25. The van der Waals surface area contributed by atoms with Crippen molar-refractivity contribution in [2.24, 2.45) is 5.41 Å². The Bertz CT molecular complexity index is 219. The molecule has 13 heavy (non-hydrogen) atoms. The van der Waals surface area contributed by atoms with Gasteiger partial charge in [0.1, 0.15) is 0 Å². The molecule has 0 aromatic rings. The van der Waals surface area contributed by atoms with Gasteiger partial charge in [0.25, 0.3) is 0 Å². The molecule has 2 atom stereocenters. The molecule has 2 saturated heterocycles. The zero-order chi connectivity index (χ0) is 9.31. The lowest BCUT2D eigenvalue weighted by Gasteiger charge is -2.35. The molecule has 0 bridgehead atoms. The van der Waals surface area contributed by atoms with Crippen molar-refractivity contribution >= 4 is 5.97 Å². The topological polar surface area (TPSA) is 47.6 Å². The number of piperidine rings is 1. The van der Waals surface area contributed by atoms with Gasteiger partial charge in [0.2, 0.25) is 0 Å². The maximum atomic E-state index is 11.6. The fraction of sp³-hybridized carbons (Fsp3) is 0.889. The van der Waals surface area contributed by atoms with Crippen molar-refractivity contribution in [3.63, 3.8) is 0 Å². The summed E-state index contributed by atoms with van der Waals surface area (Å²) < 4.78 is 10.4. The molecule has 0 aliphatic carbocycles. The molecule has 2 aliphatic heterocycles. The van der Waals surface area contributed by atoms with Crippen LogP contribution in [-0.4, -0.2) is 38.9 Å². The van der Waals surface area contributed by atoms with Gasteiger partial charge >= 0.3 is 5.97 Å². The molecule has 2 heterocycles. The summed E-state index contributed by atoms with van der Waals surface area (Å²) in [6.45, 7) is 2.34. The Morgan fingerprint density at radius 1 is 1.62 bits per heavy atom. The van der Waals surface area contributed by atoms with Gasteiger partial charge in [-0.3, -0.25) is 4.79 Å². The van der Waals surface area contributed by atoms with E-state index in [1.807, 2.05) is 0 Å². The van der Waals surface area contributed by atoms with Crippen LogP contribution < -0.4 is 5.32 Å². The van der Waals surface area contributed by atoms with Crippen molar-refractivity contribution < 1.29 is 14.3 Å². The molecule has 2 unspecified atom stereocenters. The van der Waals surface area contributed by atoms with E-state index < -0.39 is 0 Å². The molecule has 4 nitrogen and oxygen atoms in total. The molecule has 0 radical (unpaired) electrons. The van der Waals surface area contributed by atoms with Crippen LogP contribution in [0.3, 0.4) is 0 Å². The number of esters is 1. The number of hydrogen-bond acceptors (Lipinski definition) is 4. The number of rotatable bonds is 1. The molecular weight excluding hydrogens is 170 g/mol. The van der Waals surface area contributed by atoms with E-state index in [0.717, 1.165) is 25.9 Å². The standard InChI is InChI=1S/C9H15NO3/c1-12-8(11)9-2-4-10-6-7(9)13-5-3-9/h7,10H,2-6H2,1H3. The third-order valence-corrected chi connectivity index (χ3v) is 3.15. The average Bonchev–Trinajstić information content (AvgIpc) is 2.61. The highest BCUT2D eigenvalue weighted by atomic mass is 16.5. The first-order valence-corrected chi connectivity index (χ1v) is 4.70. The minimum atomic E-state index is -0.347. The normalized spacial score (nSPS) is 38.4. The van der Waals surface area contributed by atoms with Crippen molar-refractivity contribution in [1.29, 1.82) is 0 Å². The summed E-state index contributed by atoms with van der Waals surface area (Å²) in [6, 6.07) is 0. The highest BCUT2D eigenvalue weighted by Gasteiger charge is 2.52. The molecule has 0 aromatic carbocycles. The van der Waals surface area contributed by atoms with Crippen molar-refractivity contribution in [2.45, 2.75) is 18.9 Å². The van der Waals surface area contributed by atoms with E-state index in [1.54, 1.807) is 0 Å². The molecular formula is C9H15NO3. The van der Waals surface area contributed by atoms with E-state index in [-0.39, 0.29) is 17.5 Å². The number of nitrogens with one attached hydrogen (secondary N) is 1. The Labute approximate surface area is 77.6 Å². The Kier molecular flexibility index (Phi) is 2.26. The van der Waals surface area contributed by atoms with E-state index in [4.69, 9.17) is 9.47 Å². The maximum Gasteiger partial charge on any atom is 0.314 e. The fourth-order valence-corrected chi connectivity index (χ4v) is 2.33. The molecule has 2 aliphatic rings. The number of hydrogen-bond donors (Lipinski definition) is 1. The molecule has 2 fully saturated rings. The van der Waals surface area contributed by atoms with Crippen LogP contribution in [0.15, 0.2) is 0 Å². The monoisotopic (exact) mass is 185 g/mol. The fourth-order valence-electron chi connectivity index (χ4n) is 2.33. The zero-order valence-electron chi connectivity index (χ0n) is 7.84.